The molecule has 1 rings (SSSR count). The Bertz CT molecular complexity index is 471. The Morgan fingerprint density at radius 1 is 1.47 bits per heavy atom. The molecule has 2 atom stereocenters. The zero-order chi connectivity index (χ0) is 14.4. The average Bonchev–Trinajstić information content (AvgIpc) is 2.36. The van der Waals surface area contributed by atoms with E-state index >= 15 is 0 Å². The van der Waals surface area contributed by atoms with Crippen molar-refractivity contribution in [2.45, 2.75) is 25.9 Å². The molecule has 0 heterocycles. The molecule has 3 N–H and O–H groups in total. The van der Waals surface area contributed by atoms with Crippen molar-refractivity contribution in [2.24, 2.45) is 5.92 Å². The molecule has 0 spiro atoms. The van der Waals surface area contributed by atoms with Gasteiger partial charge in [0.25, 0.3) is 0 Å². The molecule has 0 aliphatic rings. The molecule has 0 bridgehead atoms. The van der Waals surface area contributed by atoms with E-state index < -0.39 is 12.1 Å². The van der Waals surface area contributed by atoms with Gasteiger partial charge in [-0.05, 0) is 37.0 Å². The fourth-order valence-corrected chi connectivity index (χ4v) is 2.15. The van der Waals surface area contributed by atoms with Crippen LogP contribution in [0.1, 0.15) is 31.4 Å². The van der Waals surface area contributed by atoms with Crippen LogP contribution < -0.4 is 0 Å². The number of phenols is 1. The van der Waals surface area contributed by atoms with Crippen LogP contribution in [-0.2, 0) is 4.79 Å². The van der Waals surface area contributed by atoms with Gasteiger partial charge in [-0.15, -0.1) is 0 Å². The van der Waals surface area contributed by atoms with Crippen molar-refractivity contribution in [3.05, 3.63) is 40.4 Å². The summed E-state index contributed by atoms with van der Waals surface area (Å²) in [6.45, 7) is 1.86. The Labute approximate surface area is 120 Å². The maximum atomic E-state index is 10.3. The summed E-state index contributed by atoms with van der Waals surface area (Å²) in [6.07, 6.45) is 3.08. The van der Waals surface area contributed by atoms with E-state index in [1.165, 1.54) is 6.07 Å². The van der Waals surface area contributed by atoms with Gasteiger partial charge in [0.2, 0.25) is 0 Å². The Kier molecular flexibility index (Phi) is 6.05. The summed E-state index contributed by atoms with van der Waals surface area (Å²) in [5, 5.41) is 28.4. The van der Waals surface area contributed by atoms with Crippen molar-refractivity contribution >= 4 is 21.9 Å². The molecule has 4 nitrogen and oxygen atoms in total. The monoisotopic (exact) mass is 328 g/mol. The van der Waals surface area contributed by atoms with Crippen LogP contribution in [0.2, 0.25) is 0 Å². The first-order valence-electron chi connectivity index (χ1n) is 5.97. The summed E-state index contributed by atoms with van der Waals surface area (Å²) in [7, 11) is 0. The second-order valence-electron chi connectivity index (χ2n) is 4.44. The van der Waals surface area contributed by atoms with Crippen LogP contribution in [0.3, 0.4) is 0 Å². The van der Waals surface area contributed by atoms with Gasteiger partial charge < -0.3 is 15.3 Å². The average molecular weight is 329 g/mol. The Morgan fingerprint density at radius 2 is 2.16 bits per heavy atom. The highest BCUT2D eigenvalue weighted by atomic mass is 79.9. The molecule has 0 unspecified atom stereocenters. The van der Waals surface area contributed by atoms with Crippen LogP contribution in [0, 0.1) is 5.92 Å². The summed E-state index contributed by atoms with van der Waals surface area (Å²) < 4.78 is 0.789. The minimum Gasteiger partial charge on any atom is -0.508 e. The molecule has 0 aliphatic heterocycles. The number of hydrogen-bond acceptors (Lipinski definition) is 3. The lowest BCUT2D eigenvalue weighted by Crippen LogP contribution is -2.09. The van der Waals surface area contributed by atoms with E-state index in [0.717, 1.165) is 10.5 Å². The zero-order valence-electron chi connectivity index (χ0n) is 10.6. The highest BCUT2D eigenvalue weighted by molar-refractivity contribution is 9.10. The second kappa shape index (κ2) is 7.31. The summed E-state index contributed by atoms with van der Waals surface area (Å²) in [4.78, 5) is 10.3. The van der Waals surface area contributed by atoms with Crippen LogP contribution >= 0.6 is 15.9 Å². The molecule has 19 heavy (non-hydrogen) atoms. The van der Waals surface area contributed by atoms with Gasteiger partial charge in [-0.1, -0.05) is 28.9 Å². The highest BCUT2D eigenvalue weighted by Gasteiger charge is 2.19. The van der Waals surface area contributed by atoms with E-state index in [-0.39, 0.29) is 11.7 Å². The number of aliphatic hydroxyl groups is 1. The minimum atomic E-state index is -0.974. The molecule has 0 saturated carbocycles. The van der Waals surface area contributed by atoms with E-state index in [1.54, 1.807) is 18.2 Å². The van der Waals surface area contributed by atoms with E-state index in [4.69, 9.17) is 5.11 Å². The number of rotatable bonds is 6. The van der Waals surface area contributed by atoms with Crippen molar-refractivity contribution in [2.75, 3.05) is 0 Å². The third-order valence-electron chi connectivity index (χ3n) is 2.90. The number of hydrogen-bond donors (Lipinski definition) is 3. The van der Waals surface area contributed by atoms with Gasteiger partial charge in [0.1, 0.15) is 5.75 Å². The fourth-order valence-electron chi connectivity index (χ4n) is 1.77. The number of halogens is 1. The molecule has 0 fully saturated rings. The quantitative estimate of drug-likeness (QED) is 0.700. The third-order valence-corrected chi connectivity index (χ3v) is 3.39. The van der Waals surface area contributed by atoms with Crippen LogP contribution in [0.5, 0.6) is 5.75 Å². The highest BCUT2D eigenvalue weighted by Crippen LogP contribution is 2.33. The summed E-state index contributed by atoms with van der Waals surface area (Å²) in [5.41, 5.74) is 0.476. The standard InChI is InChI=1S/C14H17BrO4/c1-9(4-2-3-5-13(17)18)14(19)11-8-10(15)6-7-12(11)16/h3,5-9,14,16,19H,2,4H2,1H3,(H,17,18)/b5-3+/t9-,14+/m0/s1. The molecule has 104 valence electrons. The Balaban J connectivity index is 2.63. The number of carboxylic acid groups (broad SMARTS) is 1. The maximum Gasteiger partial charge on any atom is 0.327 e. The van der Waals surface area contributed by atoms with Crippen LogP contribution in [0.25, 0.3) is 0 Å². The number of carbonyl (C=O) groups is 1. The van der Waals surface area contributed by atoms with Crippen LogP contribution in [0.15, 0.2) is 34.8 Å². The first kappa shape index (κ1) is 15.7. The normalized spacial score (nSPS) is 14.5. The first-order chi connectivity index (χ1) is 8.91. The van der Waals surface area contributed by atoms with Gasteiger partial charge in [0.05, 0.1) is 6.10 Å². The summed E-state index contributed by atoms with van der Waals surface area (Å²) in [6, 6.07) is 4.91. The lowest BCUT2D eigenvalue weighted by atomic mass is 9.93. The predicted octanol–water partition coefficient (Wildman–Crippen LogP) is 3.25. The smallest absolute Gasteiger partial charge is 0.327 e. The molecule has 0 radical (unpaired) electrons. The number of phenolic OH excluding ortho intramolecular Hbond substituents is 1. The van der Waals surface area contributed by atoms with E-state index in [2.05, 4.69) is 15.9 Å². The van der Waals surface area contributed by atoms with Gasteiger partial charge in [-0.2, -0.15) is 0 Å². The number of aliphatic carboxylic acids is 1. The Morgan fingerprint density at radius 3 is 2.79 bits per heavy atom. The van der Waals surface area contributed by atoms with Crippen molar-refractivity contribution in [1.29, 1.82) is 0 Å². The number of carboxylic acids is 1. The second-order valence-corrected chi connectivity index (χ2v) is 5.36. The Hall–Kier alpha value is -1.33. The third kappa shape index (κ3) is 5.04. The first-order valence-corrected chi connectivity index (χ1v) is 6.77. The number of aromatic hydroxyl groups is 1. The molecule has 1 aromatic carbocycles. The van der Waals surface area contributed by atoms with E-state index in [0.29, 0.717) is 18.4 Å². The van der Waals surface area contributed by atoms with E-state index in [1.807, 2.05) is 6.92 Å². The summed E-state index contributed by atoms with van der Waals surface area (Å²) >= 11 is 3.29. The maximum absolute atomic E-state index is 10.3. The molecule has 0 aromatic heterocycles. The number of benzene rings is 1. The molecule has 1 aromatic rings. The lowest BCUT2D eigenvalue weighted by molar-refractivity contribution is -0.131. The molecule has 0 aliphatic carbocycles. The molecule has 5 heteroatoms. The van der Waals surface area contributed by atoms with Crippen molar-refractivity contribution in [3.63, 3.8) is 0 Å². The van der Waals surface area contributed by atoms with E-state index in [9.17, 15) is 15.0 Å². The van der Waals surface area contributed by atoms with Crippen molar-refractivity contribution in [1.82, 2.24) is 0 Å². The van der Waals surface area contributed by atoms with Crippen LogP contribution in [-0.4, -0.2) is 21.3 Å². The van der Waals surface area contributed by atoms with Gasteiger partial charge >= 0.3 is 5.97 Å². The predicted molar refractivity (Wildman–Crippen MR) is 75.9 cm³/mol. The van der Waals surface area contributed by atoms with Crippen molar-refractivity contribution < 1.29 is 20.1 Å². The molecule has 0 amide bonds. The molecule has 0 saturated heterocycles. The SMILES string of the molecule is C[C@@H](CC/C=C/C(=O)O)[C@@H](O)c1cc(Br)ccc1O. The molecular formula is C14H17BrO4. The minimum absolute atomic E-state index is 0.0589. The van der Waals surface area contributed by atoms with Crippen LogP contribution in [0.4, 0.5) is 0 Å². The number of allylic oxidation sites excluding steroid dienone is 1. The lowest BCUT2D eigenvalue weighted by Gasteiger charge is -2.19. The van der Waals surface area contributed by atoms with Gasteiger partial charge in [0.15, 0.2) is 0 Å². The zero-order valence-corrected chi connectivity index (χ0v) is 12.2. The fraction of sp³-hybridized carbons (Fsp3) is 0.357. The largest absolute Gasteiger partial charge is 0.508 e. The van der Waals surface area contributed by atoms with Gasteiger partial charge in [-0.3, -0.25) is 0 Å². The van der Waals surface area contributed by atoms with Gasteiger partial charge in [-0.25, -0.2) is 4.79 Å². The topological polar surface area (TPSA) is 77.8 Å². The van der Waals surface area contributed by atoms with Crippen molar-refractivity contribution in [3.8, 4) is 5.75 Å². The molecular weight excluding hydrogens is 312 g/mol. The number of aliphatic hydroxyl groups excluding tert-OH is 1. The summed E-state index contributed by atoms with van der Waals surface area (Å²) in [5.74, 6) is -1.000. The van der Waals surface area contributed by atoms with Gasteiger partial charge in [0, 0.05) is 16.1 Å².